The molecule has 6 nitrogen and oxygen atoms in total. The number of aryl methyl sites for hydroxylation is 1. The molecular weight excluding hydrogens is 396 g/mol. The smallest absolute Gasteiger partial charge is 0.194 e. The highest BCUT2D eigenvalue weighted by Gasteiger charge is 2.13. The lowest BCUT2D eigenvalue weighted by Crippen LogP contribution is -2.39. The summed E-state index contributed by atoms with van der Waals surface area (Å²) in [7, 11) is 0.770. The summed E-state index contributed by atoms with van der Waals surface area (Å²) in [5.74, 6) is 0.952. The first-order chi connectivity index (χ1) is 13.3. The average Bonchev–Trinajstić information content (AvgIpc) is 2.95. The summed E-state index contributed by atoms with van der Waals surface area (Å²) in [6.45, 7) is 3.85. The Hall–Kier alpha value is -1.99. The van der Waals surface area contributed by atoms with Crippen LogP contribution in [-0.4, -0.2) is 49.7 Å². The lowest BCUT2D eigenvalue weighted by Gasteiger charge is -2.22. The topological polar surface area (TPSA) is 66.7 Å². The molecule has 0 fully saturated rings. The summed E-state index contributed by atoms with van der Waals surface area (Å²) < 4.78 is 26.6. The number of halogens is 1. The van der Waals surface area contributed by atoms with Crippen molar-refractivity contribution in [1.82, 2.24) is 14.8 Å². The number of nitrogens with one attached hydrogen (secondary N) is 1. The minimum Gasteiger partial charge on any atom is -0.357 e. The fourth-order valence-corrected chi connectivity index (χ4v) is 4.57. The van der Waals surface area contributed by atoms with Crippen LogP contribution in [0.2, 0.25) is 5.02 Å². The lowest BCUT2D eigenvalue weighted by molar-refractivity contribution is 0.462. The van der Waals surface area contributed by atoms with Crippen LogP contribution in [0, 0.1) is 0 Å². The van der Waals surface area contributed by atoms with Crippen molar-refractivity contribution in [3.8, 4) is 0 Å². The molecule has 2 rings (SSSR count). The van der Waals surface area contributed by atoms with Crippen LogP contribution in [0.25, 0.3) is 0 Å². The summed E-state index contributed by atoms with van der Waals surface area (Å²) in [5.41, 5.74) is 1.89. The molecule has 1 aromatic carbocycles. The Morgan fingerprint density at radius 1 is 1.29 bits per heavy atom. The zero-order chi connectivity index (χ0) is 20.6. The number of benzene rings is 1. The normalized spacial score (nSPS) is 12.2. The lowest BCUT2D eigenvalue weighted by atomic mass is 10.2. The molecule has 154 valence electrons. The van der Waals surface area contributed by atoms with Crippen LogP contribution in [0.3, 0.4) is 0 Å². The van der Waals surface area contributed by atoms with Crippen LogP contribution in [0.4, 0.5) is 0 Å². The number of aliphatic imine (C=N–C) groups is 1. The second-order valence-corrected chi connectivity index (χ2v) is 9.40. The summed E-state index contributed by atoms with van der Waals surface area (Å²) in [4.78, 5) is 6.59. The van der Waals surface area contributed by atoms with Gasteiger partial charge in [0.05, 0.1) is 23.1 Å². The number of aromatic nitrogens is 1. The van der Waals surface area contributed by atoms with Gasteiger partial charge in [-0.15, -0.1) is 0 Å². The molecule has 8 heteroatoms. The number of hydrogen-bond acceptors (Lipinski definition) is 3. The monoisotopic (exact) mass is 424 g/mol. The molecule has 0 aliphatic rings. The van der Waals surface area contributed by atoms with Crippen molar-refractivity contribution in [2.24, 2.45) is 12.0 Å². The van der Waals surface area contributed by atoms with Crippen molar-refractivity contribution < 1.29 is 8.42 Å². The molecule has 0 saturated heterocycles. The Bertz CT molecular complexity index is 879. The molecule has 2 aromatic rings. The molecule has 0 unspecified atom stereocenters. The van der Waals surface area contributed by atoms with E-state index < -0.39 is 9.84 Å². The van der Waals surface area contributed by atoms with Gasteiger partial charge in [0.1, 0.15) is 0 Å². The average molecular weight is 425 g/mol. The van der Waals surface area contributed by atoms with E-state index in [9.17, 15) is 8.42 Å². The van der Waals surface area contributed by atoms with Crippen LogP contribution in [0.5, 0.6) is 0 Å². The van der Waals surface area contributed by atoms with Gasteiger partial charge < -0.3 is 14.8 Å². The first-order valence-electron chi connectivity index (χ1n) is 9.35. The number of rotatable bonds is 9. The zero-order valence-corrected chi connectivity index (χ0v) is 18.3. The van der Waals surface area contributed by atoms with Gasteiger partial charge in [-0.2, -0.15) is 0 Å². The van der Waals surface area contributed by atoms with E-state index >= 15 is 0 Å². The Morgan fingerprint density at radius 2 is 2.00 bits per heavy atom. The second-order valence-electron chi connectivity index (χ2n) is 6.78. The molecule has 1 N–H and O–H groups in total. The summed E-state index contributed by atoms with van der Waals surface area (Å²) in [6.07, 6.45) is 2.36. The third-order valence-electron chi connectivity index (χ3n) is 4.27. The number of sulfone groups is 1. The van der Waals surface area contributed by atoms with E-state index in [1.54, 1.807) is 0 Å². The molecule has 0 radical (unpaired) electrons. The Labute approximate surface area is 173 Å². The van der Waals surface area contributed by atoms with Crippen LogP contribution < -0.4 is 5.32 Å². The van der Waals surface area contributed by atoms with Gasteiger partial charge in [0.15, 0.2) is 15.8 Å². The van der Waals surface area contributed by atoms with Crippen molar-refractivity contribution >= 4 is 27.4 Å². The van der Waals surface area contributed by atoms with Gasteiger partial charge in [-0.05, 0) is 25.0 Å². The van der Waals surface area contributed by atoms with Crippen LogP contribution in [-0.2, 0) is 29.2 Å². The van der Waals surface area contributed by atoms with Crippen molar-refractivity contribution in [3.05, 3.63) is 58.9 Å². The summed E-state index contributed by atoms with van der Waals surface area (Å²) >= 11 is 6.05. The molecule has 0 aliphatic carbocycles. The molecule has 28 heavy (non-hydrogen) atoms. The Morgan fingerprint density at radius 3 is 2.61 bits per heavy atom. The summed E-state index contributed by atoms with van der Waals surface area (Å²) in [6, 6.07) is 11.2. The standard InChI is InChI=1S/C20H29ClN4O2S/c1-4-22-20(25(3)15-19-13-18(21)14-24(19)2)23-11-8-12-28(26,27)16-17-9-6-5-7-10-17/h5-7,9-10,13-14H,4,8,11-12,15-16H2,1-3H3,(H,22,23). The van der Waals surface area contributed by atoms with Crippen LogP contribution in [0.15, 0.2) is 47.6 Å². The van der Waals surface area contributed by atoms with E-state index in [4.69, 9.17) is 11.6 Å². The quantitative estimate of drug-likeness (QED) is 0.381. The third kappa shape index (κ3) is 7.20. The Balaban J connectivity index is 1.90. The highest BCUT2D eigenvalue weighted by atomic mass is 35.5. The van der Waals surface area contributed by atoms with E-state index in [0.717, 1.165) is 23.8 Å². The van der Waals surface area contributed by atoms with Crippen molar-refractivity contribution in [1.29, 1.82) is 0 Å². The maximum Gasteiger partial charge on any atom is 0.194 e. The molecule has 0 spiro atoms. The molecule has 0 bridgehead atoms. The van der Waals surface area contributed by atoms with Gasteiger partial charge in [0.2, 0.25) is 0 Å². The van der Waals surface area contributed by atoms with E-state index in [-0.39, 0.29) is 11.5 Å². The predicted octanol–water partition coefficient (Wildman–Crippen LogP) is 3.08. The van der Waals surface area contributed by atoms with E-state index in [1.807, 2.05) is 73.1 Å². The zero-order valence-electron chi connectivity index (χ0n) is 16.7. The van der Waals surface area contributed by atoms with Gasteiger partial charge in [0, 0.05) is 39.1 Å². The first-order valence-corrected chi connectivity index (χ1v) is 11.5. The van der Waals surface area contributed by atoms with Crippen LogP contribution in [0.1, 0.15) is 24.6 Å². The predicted molar refractivity (Wildman–Crippen MR) is 116 cm³/mol. The molecule has 0 atom stereocenters. The Kier molecular flexibility index (Phi) is 8.38. The van der Waals surface area contributed by atoms with E-state index in [1.165, 1.54) is 0 Å². The highest BCUT2D eigenvalue weighted by molar-refractivity contribution is 7.90. The van der Waals surface area contributed by atoms with Gasteiger partial charge >= 0.3 is 0 Å². The molecule has 0 aliphatic heterocycles. The van der Waals surface area contributed by atoms with Gasteiger partial charge in [-0.1, -0.05) is 41.9 Å². The maximum atomic E-state index is 12.3. The van der Waals surface area contributed by atoms with Gasteiger partial charge in [-0.25, -0.2) is 8.42 Å². The number of nitrogens with zero attached hydrogens (tertiary/aromatic N) is 3. The van der Waals surface area contributed by atoms with Gasteiger partial charge in [0.25, 0.3) is 0 Å². The minimum atomic E-state index is -3.14. The highest BCUT2D eigenvalue weighted by Crippen LogP contribution is 2.14. The first kappa shape index (κ1) is 22.3. The van der Waals surface area contributed by atoms with Crippen LogP contribution >= 0.6 is 11.6 Å². The SMILES string of the molecule is CCNC(=NCCCS(=O)(=O)Cc1ccccc1)N(C)Cc1cc(Cl)cn1C. The molecule has 1 aromatic heterocycles. The van der Waals surface area contributed by atoms with Crippen molar-refractivity contribution in [2.45, 2.75) is 25.6 Å². The third-order valence-corrected chi connectivity index (χ3v) is 6.17. The number of hydrogen-bond donors (Lipinski definition) is 1. The fraction of sp³-hybridized carbons (Fsp3) is 0.450. The van der Waals surface area contributed by atoms with E-state index in [0.29, 0.717) is 24.5 Å². The molecule has 0 amide bonds. The maximum absolute atomic E-state index is 12.3. The van der Waals surface area contributed by atoms with Crippen molar-refractivity contribution in [2.75, 3.05) is 25.9 Å². The van der Waals surface area contributed by atoms with Gasteiger partial charge in [-0.3, -0.25) is 4.99 Å². The number of guanidine groups is 1. The van der Waals surface area contributed by atoms with E-state index in [2.05, 4.69) is 10.3 Å². The largest absolute Gasteiger partial charge is 0.357 e. The molecule has 0 saturated carbocycles. The fourth-order valence-electron chi connectivity index (χ4n) is 2.88. The second kappa shape index (κ2) is 10.5. The molecular formula is C20H29ClN4O2S. The summed E-state index contributed by atoms with van der Waals surface area (Å²) in [5, 5.41) is 3.96. The molecule has 1 heterocycles. The van der Waals surface area contributed by atoms with Crippen molar-refractivity contribution in [3.63, 3.8) is 0 Å². The minimum absolute atomic E-state index is 0.0752.